The zero-order valence-electron chi connectivity index (χ0n) is 14.2. The standard InChI is InChI=1S/C19H36N2/c1-2-6-16-9-11-18(12-10-16)21-14-13-20-19(15-21)17-7-4-3-5-8-17/h16-20H,2-15H2,1H3. The summed E-state index contributed by atoms with van der Waals surface area (Å²) in [5.41, 5.74) is 0. The van der Waals surface area contributed by atoms with Gasteiger partial charge < -0.3 is 5.32 Å². The Kier molecular flexibility index (Phi) is 5.99. The van der Waals surface area contributed by atoms with Crippen LogP contribution in [0.2, 0.25) is 0 Å². The van der Waals surface area contributed by atoms with Gasteiger partial charge in [0.05, 0.1) is 0 Å². The maximum absolute atomic E-state index is 3.85. The monoisotopic (exact) mass is 292 g/mol. The number of hydrogen-bond acceptors (Lipinski definition) is 2. The molecular weight excluding hydrogens is 256 g/mol. The molecule has 0 aromatic rings. The van der Waals surface area contributed by atoms with Crippen molar-refractivity contribution in [3.8, 4) is 0 Å². The Morgan fingerprint density at radius 2 is 1.71 bits per heavy atom. The maximum atomic E-state index is 3.85. The molecule has 0 spiro atoms. The zero-order valence-corrected chi connectivity index (χ0v) is 14.2. The minimum atomic E-state index is 0.799. The molecular formula is C19H36N2. The highest BCUT2D eigenvalue weighted by molar-refractivity contribution is 4.89. The molecule has 0 radical (unpaired) electrons. The van der Waals surface area contributed by atoms with Gasteiger partial charge in [0, 0.05) is 31.7 Å². The molecule has 0 amide bonds. The Morgan fingerprint density at radius 3 is 2.43 bits per heavy atom. The van der Waals surface area contributed by atoms with Crippen molar-refractivity contribution in [2.75, 3.05) is 19.6 Å². The van der Waals surface area contributed by atoms with Gasteiger partial charge in [-0.25, -0.2) is 0 Å². The summed E-state index contributed by atoms with van der Waals surface area (Å²) in [5, 5.41) is 3.85. The van der Waals surface area contributed by atoms with E-state index >= 15 is 0 Å². The van der Waals surface area contributed by atoms with Crippen molar-refractivity contribution in [3.63, 3.8) is 0 Å². The smallest absolute Gasteiger partial charge is 0.0223 e. The summed E-state index contributed by atoms with van der Waals surface area (Å²) in [6, 6.07) is 1.71. The molecule has 3 rings (SSSR count). The van der Waals surface area contributed by atoms with Crippen LogP contribution in [0.3, 0.4) is 0 Å². The van der Waals surface area contributed by atoms with Crippen molar-refractivity contribution < 1.29 is 0 Å². The minimum Gasteiger partial charge on any atom is -0.311 e. The van der Waals surface area contributed by atoms with E-state index in [4.69, 9.17) is 0 Å². The second-order valence-electron chi connectivity index (χ2n) is 7.92. The molecule has 1 heterocycles. The van der Waals surface area contributed by atoms with Gasteiger partial charge in [-0.05, 0) is 50.4 Å². The molecule has 2 nitrogen and oxygen atoms in total. The van der Waals surface area contributed by atoms with Gasteiger partial charge in [0.2, 0.25) is 0 Å². The van der Waals surface area contributed by atoms with E-state index < -0.39 is 0 Å². The lowest BCUT2D eigenvalue weighted by molar-refractivity contribution is 0.0785. The fraction of sp³-hybridized carbons (Fsp3) is 1.00. The second kappa shape index (κ2) is 7.97. The van der Waals surface area contributed by atoms with E-state index in [0.29, 0.717) is 0 Å². The molecule has 0 aromatic carbocycles. The molecule has 2 heteroatoms. The number of rotatable bonds is 4. The molecule has 1 atom stereocenters. The Morgan fingerprint density at radius 1 is 0.952 bits per heavy atom. The lowest BCUT2D eigenvalue weighted by atomic mass is 9.81. The molecule has 122 valence electrons. The summed E-state index contributed by atoms with van der Waals surface area (Å²) >= 11 is 0. The zero-order chi connectivity index (χ0) is 14.5. The number of nitrogens with one attached hydrogen (secondary N) is 1. The van der Waals surface area contributed by atoms with Gasteiger partial charge in [0.15, 0.2) is 0 Å². The highest BCUT2D eigenvalue weighted by Crippen LogP contribution is 2.32. The summed E-state index contributed by atoms with van der Waals surface area (Å²) in [6.45, 7) is 6.22. The molecule has 0 bridgehead atoms. The first-order valence-electron chi connectivity index (χ1n) is 9.84. The van der Waals surface area contributed by atoms with Crippen LogP contribution in [-0.4, -0.2) is 36.6 Å². The summed E-state index contributed by atoms with van der Waals surface area (Å²) < 4.78 is 0. The highest BCUT2D eigenvalue weighted by Gasteiger charge is 2.32. The third-order valence-electron chi connectivity index (χ3n) is 6.49. The van der Waals surface area contributed by atoms with E-state index in [0.717, 1.165) is 23.9 Å². The Labute approximate surface area is 132 Å². The van der Waals surface area contributed by atoms with Crippen LogP contribution in [0.5, 0.6) is 0 Å². The van der Waals surface area contributed by atoms with Crippen molar-refractivity contribution in [3.05, 3.63) is 0 Å². The second-order valence-corrected chi connectivity index (χ2v) is 7.92. The molecule has 2 saturated carbocycles. The fourth-order valence-electron chi connectivity index (χ4n) is 5.19. The molecule has 1 saturated heterocycles. The average molecular weight is 293 g/mol. The average Bonchev–Trinajstić information content (AvgIpc) is 2.57. The summed E-state index contributed by atoms with van der Waals surface area (Å²) in [4.78, 5) is 2.86. The van der Waals surface area contributed by atoms with E-state index in [1.54, 1.807) is 0 Å². The van der Waals surface area contributed by atoms with Gasteiger partial charge in [0.1, 0.15) is 0 Å². The van der Waals surface area contributed by atoms with Crippen molar-refractivity contribution >= 4 is 0 Å². The fourth-order valence-corrected chi connectivity index (χ4v) is 5.19. The van der Waals surface area contributed by atoms with Gasteiger partial charge in [0.25, 0.3) is 0 Å². The van der Waals surface area contributed by atoms with Gasteiger partial charge in [-0.15, -0.1) is 0 Å². The topological polar surface area (TPSA) is 15.3 Å². The van der Waals surface area contributed by atoms with Crippen LogP contribution in [0.4, 0.5) is 0 Å². The van der Waals surface area contributed by atoms with Gasteiger partial charge in [-0.2, -0.15) is 0 Å². The lowest BCUT2D eigenvalue weighted by Gasteiger charge is -2.44. The maximum Gasteiger partial charge on any atom is 0.0223 e. The van der Waals surface area contributed by atoms with Crippen LogP contribution in [-0.2, 0) is 0 Å². The summed E-state index contributed by atoms with van der Waals surface area (Å²) in [5.74, 6) is 2.02. The van der Waals surface area contributed by atoms with Crippen molar-refractivity contribution in [1.29, 1.82) is 0 Å². The molecule has 1 aliphatic heterocycles. The third kappa shape index (κ3) is 4.22. The first kappa shape index (κ1) is 15.8. The van der Waals surface area contributed by atoms with Crippen LogP contribution in [0.1, 0.15) is 77.6 Å². The van der Waals surface area contributed by atoms with Crippen LogP contribution in [0, 0.1) is 11.8 Å². The number of piperazine rings is 1. The molecule has 2 aliphatic carbocycles. The van der Waals surface area contributed by atoms with E-state index in [2.05, 4.69) is 17.1 Å². The summed E-state index contributed by atoms with van der Waals surface area (Å²) in [6.07, 6.45) is 16.2. The molecule has 1 unspecified atom stereocenters. The van der Waals surface area contributed by atoms with E-state index in [1.165, 1.54) is 90.3 Å². The Bertz CT molecular complexity index is 290. The first-order valence-corrected chi connectivity index (χ1v) is 9.84. The van der Waals surface area contributed by atoms with Crippen molar-refractivity contribution in [2.24, 2.45) is 11.8 Å². The van der Waals surface area contributed by atoms with Crippen LogP contribution < -0.4 is 5.32 Å². The minimum absolute atomic E-state index is 0.799. The quantitative estimate of drug-likeness (QED) is 0.835. The predicted octanol–water partition coefficient (Wildman–Crippen LogP) is 4.20. The van der Waals surface area contributed by atoms with E-state index in [1.807, 2.05) is 0 Å². The Hall–Kier alpha value is -0.0800. The SMILES string of the molecule is CCCC1CCC(N2CCNC(C3CCCCC3)C2)CC1. The largest absolute Gasteiger partial charge is 0.311 e. The summed E-state index contributed by atoms with van der Waals surface area (Å²) in [7, 11) is 0. The van der Waals surface area contributed by atoms with Gasteiger partial charge >= 0.3 is 0 Å². The normalized spacial score (nSPS) is 36.7. The molecule has 3 aliphatic rings. The molecule has 21 heavy (non-hydrogen) atoms. The predicted molar refractivity (Wildman–Crippen MR) is 90.6 cm³/mol. The molecule has 0 aromatic heterocycles. The number of nitrogens with zero attached hydrogens (tertiary/aromatic N) is 1. The van der Waals surface area contributed by atoms with Crippen molar-refractivity contribution in [1.82, 2.24) is 10.2 Å². The highest BCUT2D eigenvalue weighted by atomic mass is 15.2. The third-order valence-corrected chi connectivity index (χ3v) is 6.49. The lowest BCUT2D eigenvalue weighted by Crippen LogP contribution is -2.57. The van der Waals surface area contributed by atoms with Gasteiger partial charge in [-0.1, -0.05) is 39.0 Å². The molecule has 3 fully saturated rings. The first-order chi connectivity index (χ1) is 10.4. The van der Waals surface area contributed by atoms with Crippen LogP contribution >= 0.6 is 0 Å². The van der Waals surface area contributed by atoms with E-state index in [9.17, 15) is 0 Å². The van der Waals surface area contributed by atoms with Gasteiger partial charge in [-0.3, -0.25) is 4.90 Å². The number of hydrogen-bond donors (Lipinski definition) is 1. The van der Waals surface area contributed by atoms with Crippen LogP contribution in [0.15, 0.2) is 0 Å². The van der Waals surface area contributed by atoms with Crippen molar-refractivity contribution in [2.45, 2.75) is 89.6 Å². The Balaban J connectivity index is 1.47. The van der Waals surface area contributed by atoms with E-state index in [-0.39, 0.29) is 0 Å². The van der Waals surface area contributed by atoms with Crippen LogP contribution in [0.25, 0.3) is 0 Å². The molecule has 1 N–H and O–H groups in total.